The van der Waals surface area contributed by atoms with Gasteiger partial charge in [0, 0.05) is 37.9 Å². The van der Waals surface area contributed by atoms with E-state index in [0.717, 1.165) is 12.1 Å². The van der Waals surface area contributed by atoms with Crippen LogP contribution < -0.4 is 14.4 Å². The van der Waals surface area contributed by atoms with Crippen molar-refractivity contribution in [3.63, 3.8) is 0 Å². The molecule has 0 unspecified atom stereocenters. The topological polar surface area (TPSA) is 59.1 Å². The summed E-state index contributed by atoms with van der Waals surface area (Å²) in [6, 6.07) is 13.3. The van der Waals surface area contributed by atoms with Crippen LogP contribution in [0.1, 0.15) is 12.5 Å². The van der Waals surface area contributed by atoms with Gasteiger partial charge in [0.25, 0.3) is 0 Å². The molecule has 144 valence electrons. The van der Waals surface area contributed by atoms with Crippen LogP contribution in [0.25, 0.3) is 0 Å². The minimum atomic E-state index is -3.54. The largest absolute Gasteiger partial charge is 0.486 e. The van der Waals surface area contributed by atoms with Gasteiger partial charge in [0.15, 0.2) is 11.5 Å². The lowest BCUT2D eigenvalue weighted by molar-refractivity contribution is 0.171. The number of hydrogen-bond donors (Lipinski definition) is 0. The molecule has 0 N–H and O–H groups in total. The third-order valence-corrected chi connectivity index (χ3v) is 6.99. The van der Waals surface area contributed by atoms with Gasteiger partial charge in [0.2, 0.25) is 10.0 Å². The predicted molar refractivity (Wildman–Crippen MR) is 104 cm³/mol. The van der Waals surface area contributed by atoms with E-state index in [1.165, 1.54) is 5.56 Å². The highest BCUT2D eigenvalue weighted by molar-refractivity contribution is 7.89. The van der Waals surface area contributed by atoms with Crippen LogP contribution in [0, 0.1) is 0 Å². The van der Waals surface area contributed by atoms with Crippen molar-refractivity contribution in [3.05, 3.63) is 48.0 Å². The van der Waals surface area contributed by atoms with Crippen LogP contribution >= 0.6 is 0 Å². The molecule has 7 heteroatoms. The van der Waals surface area contributed by atoms with Crippen molar-refractivity contribution in [3.8, 4) is 11.5 Å². The van der Waals surface area contributed by atoms with Gasteiger partial charge in [-0.2, -0.15) is 4.31 Å². The number of fused-ring (bicyclic) bond motifs is 1. The van der Waals surface area contributed by atoms with Gasteiger partial charge in [-0.25, -0.2) is 8.42 Å². The fraction of sp³-hybridized carbons (Fsp3) is 0.400. The fourth-order valence-electron chi connectivity index (χ4n) is 3.46. The number of rotatable bonds is 4. The van der Waals surface area contributed by atoms with Crippen molar-refractivity contribution in [2.75, 3.05) is 44.3 Å². The average Bonchev–Trinajstić information content (AvgIpc) is 2.73. The van der Waals surface area contributed by atoms with E-state index in [0.29, 0.717) is 50.9 Å². The van der Waals surface area contributed by atoms with Crippen LogP contribution in [0.15, 0.2) is 47.4 Å². The molecule has 0 saturated carbocycles. The fourth-order valence-corrected chi connectivity index (χ4v) is 4.90. The van der Waals surface area contributed by atoms with E-state index in [1.54, 1.807) is 22.5 Å². The van der Waals surface area contributed by atoms with Gasteiger partial charge >= 0.3 is 0 Å². The quantitative estimate of drug-likeness (QED) is 0.806. The summed E-state index contributed by atoms with van der Waals surface area (Å²) in [6.07, 6.45) is 1.02. The Kier molecular flexibility index (Phi) is 4.97. The number of sulfonamides is 1. The van der Waals surface area contributed by atoms with E-state index in [1.807, 2.05) is 0 Å². The van der Waals surface area contributed by atoms with Gasteiger partial charge in [-0.05, 0) is 36.2 Å². The molecule has 1 fully saturated rings. The van der Waals surface area contributed by atoms with Crippen molar-refractivity contribution in [1.29, 1.82) is 0 Å². The molecule has 2 heterocycles. The Morgan fingerprint density at radius 1 is 0.889 bits per heavy atom. The van der Waals surface area contributed by atoms with Crippen LogP contribution in [0.4, 0.5) is 5.69 Å². The van der Waals surface area contributed by atoms with Crippen LogP contribution in [0.5, 0.6) is 11.5 Å². The summed E-state index contributed by atoms with van der Waals surface area (Å²) in [7, 11) is -3.54. The smallest absolute Gasteiger partial charge is 0.243 e. The highest BCUT2D eigenvalue weighted by Gasteiger charge is 2.29. The molecule has 27 heavy (non-hydrogen) atoms. The maximum absolute atomic E-state index is 13.0. The molecule has 0 bridgehead atoms. The lowest BCUT2D eigenvalue weighted by atomic mass is 10.1. The van der Waals surface area contributed by atoms with Crippen molar-refractivity contribution >= 4 is 15.7 Å². The third-order valence-electron chi connectivity index (χ3n) is 5.10. The second-order valence-electron chi connectivity index (χ2n) is 6.72. The van der Waals surface area contributed by atoms with Gasteiger partial charge in [-0.3, -0.25) is 0 Å². The van der Waals surface area contributed by atoms with E-state index < -0.39 is 10.0 Å². The van der Waals surface area contributed by atoms with Crippen molar-refractivity contribution in [2.45, 2.75) is 18.2 Å². The number of benzene rings is 2. The van der Waals surface area contributed by atoms with E-state index in [2.05, 4.69) is 36.1 Å². The van der Waals surface area contributed by atoms with Crippen LogP contribution in [-0.2, 0) is 16.4 Å². The van der Waals surface area contributed by atoms with Crippen molar-refractivity contribution in [1.82, 2.24) is 4.31 Å². The Morgan fingerprint density at radius 2 is 1.56 bits per heavy atom. The second-order valence-corrected chi connectivity index (χ2v) is 8.65. The zero-order chi connectivity index (χ0) is 18.9. The number of hydrogen-bond acceptors (Lipinski definition) is 5. The summed E-state index contributed by atoms with van der Waals surface area (Å²) in [5, 5.41) is 0. The molecule has 0 radical (unpaired) electrons. The molecule has 1 saturated heterocycles. The standard InChI is InChI=1S/C20H24N2O4S/c1-2-16-3-5-17(6-4-16)21-9-11-22(12-10-21)27(23,24)18-7-8-19-20(15-18)26-14-13-25-19/h3-8,15H,2,9-14H2,1H3. The molecule has 6 nitrogen and oxygen atoms in total. The Labute approximate surface area is 160 Å². The molecule has 2 aliphatic heterocycles. The summed E-state index contributed by atoms with van der Waals surface area (Å²) in [5.74, 6) is 1.09. The van der Waals surface area contributed by atoms with E-state index in [-0.39, 0.29) is 4.90 Å². The molecule has 4 rings (SSSR count). The molecular formula is C20H24N2O4S. The first-order valence-corrected chi connectivity index (χ1v) is 10.8. The monoisotopic (exact) mass is 388 g/mol. The van der Waals surface area contributed by atoms with Gasteiger partial charge in [-0.15, -0.1) is 0 Å². The van der Waals surface area contributed by atoms with Crippen LogP contribution in [0.3, 0.4) is 0 Å². The molecule has 0 aromatic heterocycles. The normalized spacial score (nSPS) is 17.7. The minimum Gasteiger partial charge on any atom is -0.486 e. The molecule has 0 spiro atoms. The molecular weight excluding hydrogens is 364 g/mol. The van der Waals surface area contributed by atoms with Gasteiger partial charge in [0.1, 0.15) is 13.2 Å². The molecule has 2 aromatic rings. The van der Waals surface area contributed by atoms with Crippen LogP contribution in [-0.4, -0.2) is 52.1 Å². The number of aryl methyl sites for hydroxylation is 1. The summed E-state index contributed by atoms with van der Waals surface area (Å²) in [5.41, 5.74) is 2.45. The number of anilines is 1. The number of nitrogens with zero attached hydrogens (tertiary/aromatic N) is 2. The van der Waals surface area contributed by atoms with Gasteiger partial charge < -0.3 is 14.4 Å². The van der Waals surface area contributed by atoms with Gasteiger partial charge in [-0.1, -0.05) is 19.1 Å². The molecule has 2 aliphatic rings. The maximum atomic E-state index is 13.0. The molecule has 0 amide bonds. The highest BCUT2D eigenvalue weighted by Crippen LogP contribution is 2.33. The number of ether oxygens (including phenoxy) is 2. The summed E-state index contributed by atoms with van der Waals surface area (Å²) < 4.78 is 38.6. The lowest BCUT2D eigenvalue weighted by Gasteiger charge is -2.35. The van der Waals surface area contributed by atoms with Crippen molar-refractivity contribution in [2.24, 2.45) is 0 Å². The molecule has 2 aromatic carbocycles. The second kappa shape index (κ2) is 7.40. The minimum absolute atomic E-state index is 0.257. The highest BCUT2D eigenvalue weighted by atomic mass is 32.2. The first-order valence-electron chi connectivity index (χ1n) is 9.31. The first-order chi connectivity index (χ1) is 13.1. The Hall–Kier alpha value is -2.25. The van der Waals surface area contributed by atoms with Crippen LogP contribution in [0.2, 0.25) is 0 Å². The Bertz CT molecular complexity index is 904. The summed E-state index contributed by atoms with van der Waals surface area (Å²) in [6.45, 7) is 5.34. The first kappa shape index (κ1) is 18.1. The third kappa shape index (κ3) is 3.61. The van der Waals surface area contributed by atoms with E-state index in [4.69, 9.17) is 9.47 Å². The summed E-state index contributed by atoms with van der Waals surface area (Å²) >= 11 is 0. The predicted octanol–water partition coefficient (Wildman–Crippen LogP) is 2.53. The average molecular weight is 388 g/mol. The zero-order valence-electron chi connectivity index (χ0n) is 15.4. The Morgan fingerprint density at radius 3 is 2.22 bits per heavy atom. The lowest BCUT2D eigenvalue weighted by Crippen LogP contribution is -2.48. The Balaban J connectivity index is 1.46. The van der Waals surface area contributed by atoms with E-state index >= 15 is 0 Å². The SMILES string of the molecule is CCc1ccc(N2CCN(S(=O)(=O)c3ccc4c(c3)OCCO4)CC2)cc1. The number of piperazine rings is 1. The summed E-state index contributed by atoms with van der Waals surface area (Å²) in [4.78, 5) is 2.49. The van der Waals surface area contributed by atoms with Crippen molar-refractivity contribution < 1.29 is 17.9 Å². The zero-order valence-corrected chi connectivity index (χ0v) is 16.2. The van der Waals surface area contributed by atoms with Gasteiger partial charge in [0.05, 0.1) is 4.90 Å². The van der Waals surface area contributed by atoms with E-state index in [9.17, 15) is 8.42 Å². The molecule has 0 aliphatic carbocycles. The maximum Gasteiger partial charge on any atom is 0.243 e. The molecule has 0 atom stereocenters.